The van der Waals surface area contributed by atoms with Gasteiger partial charge in [-0.25, -0.2) is 5.84 Å². The Morgan fingerprint density at radius 2 is 2.33 bits per heavy atom. The second-order valence-electron chi connectivity index (χ2n) is 2.97. The van der Waals surface area contributed by atoms with E-state index in [0.29, 0.717) is 12.2 Å². The lowest BCUT2D eigenvalue weighted by Crippen LogP contribution is -2.29. The zero-order valence-electron chi connectivity index (χ0n) is 8.42. The van der Waals surface area contributed by atoms with Crippen molar-refractivity contribution in [2.75, 3.05) is 6.61 Å². The maximum atomic E-state index is 11.2. The Labute approximate surface area is 96.9 Å². The van der Waals surface area contributed by atoms with Gasteiger partial charge < -0.3 is 4.74 Å². The number of carbonyl (C=O) groups is 1. The molecule has 0 heterocycles. The van der Waals surface area contributed by atoms with Crippen molar-refractivity contribution in [2.24, 2.45) is 5.84 Å². The van der Waals surface area contributed by atoms with Crippen LogP contribution < -0.4 is 16.0 Å². The number of halogens is 1. The number of ether oxygens (including phenoxy) is 1. The van der Waals surface area contributed by atoms with Gasteiger partial charge in [0, 0.05) is 5.56 Å². The Morgan fingerprint density at radius 3 is 2.87 bits per heavy atom. The molecule has 1 amide bonds. The third kappa shape index (κ3) is 3.21. The van der Waals surface area contributed by atoms with Gasteiger partial charge in [0.1, 0.15) is 5.75 Å². The lowest BCUT2D eigenvalue weighted by atomic mass is 10.2. The van der Waals surface area contributed by atoms with Crippen LogP contribution in [0.25, 0.3) is 0 Å². The number of nitrogens with two attached hydrogens (primary N) is 1. The Hall–Kier alpha value is -1.07. The van der Waals surface area contributed by atoms with Gasteiger partial charge in [-0.1, -0.05) is 6.92 Å². The second-order valence-corrected chi connectivity index (χ2v) is 3.82. The lowest BCUT2D eigenvalue weighted by molar-refractivity contribution is 0.0953. The van der Waals surface area contributed by atoms with Crippen molar-refractivity contribution in [3.8, 4) is 5.75 Å². The van der Waals surface area contributed by atoms with Crippen LogP contribution in [0.2, 0.25) is 0 Å². The molecule has 0 saturated carbocycles. The summed E-state index contributed by atoms with van der Waals surface area (Å²) in [5, 5.41) is 0. The zero-order valence-corrected chi connectivity index (χ0v) is 10.0. The van der Waals surface area contributed by atoms with Crippen LogP contribution >= 0.6 is 15.9 Å². The largest absolute Gasteiger partial charge is 0.492 e. The van der Waals surface area contributed by atoms with Crippen LogP contribution in [0.1, 0.15) is 23.7 Å². The average molecular weight is 273 g/mol. The molecule has 0 aliphatic rings. The first-order valence-electron chi connectivity index (χ1n) is 4.62. The number of benzene rings is 1. The van der Waals surface area contributed by atoms with E-state index in [2.05, 4.69) is 21.4 Å². The van der Waals surface area contributed by atoms with E-state index in [1.165, 1.54) is 0 Å². The van der Waals surface area contributed by atoms with Crippen molar-refractivity contribution < 1.29 is 9.53 Å². The van der Waals surface area contributed by atoms with E-state index in [1.807, 2.05) is 6.92 Å². The van der Waals surface area contributed by atoms with Crippen LogP contribution in [0.15, 0.2) is 22.7 Å². The first-order valence-corrected chi connectivity index (χ1v) is 5.41. The van der Waals surface area contributed by atoms with Gasteiger partial charge in [-0.05, 0) is 40.5 Å². The summed E-state index contributed by atoms with van der Waals surface area (Å²) >= 11 is 3.33. The van der Waals surface area contributed by atoms with Gasteiger partial charge >= 0.3 is 0 Å². The third-order valence-electron chi connectivity index (χ3n) is 1.79. The normalized spacial score (nSPS) is 9.80. The zero-order chi connectivity index (χ0) is 11.3. The molecule has 0 spiro atoms. The number of carbonyl (C=O) groups excluding carboxylic acids is 1. The summed E-state index contributed by atoms with van der Waals surface area (Å²) in [6.45, 7) is 2.69. The van der Waals surface area contributed by atoms with E-state index in [1.54, 1.807) is 18.2 Å². The van der Waals surface area contributed by atoms with Crippen LogP contribution in [0, 0.1) is 0 Å². The highest BCUT2D eigenvalue weighted by Gasteiger charge is 2.07. The van der Waals surface area contributed by atoms with E-state index in [0.717, 1.165) is 16.6 Å². The van der Waals surface area contributed by atoms with E-state index < -0.39 is 0 Å². The predicted octanol–water partition coefficient (Wildman–Crippen LogP) is 1.84. The number of rotatable bonds is 4. The third-order valence-corrected chi connectivity index (χ3v) is 2.41. The minimum Gasteiger partial charge on any atom is -0.492 e. The van der Waals surface area contributed by atoms with E-state index in [4.69, 9.17) is 10.6 Å². The minimum atomic E-state index is -0.322. The van der Waals surface area contributed by atoms with Gasteiger partial charge in [-0.15, -0.1) is 0 Å². The number of amides is 1. The molecule has 15 heavy (non-hydrogen) atoms. The molecular weight excluding hydrogens is 260 g/mol. The molecule has 1 aromatic rings. The van der Waals surface area contributed by atoms with Crippen molar-refractivity contribution in [2.45, 2.75) is 13.3 Å². The molecule has 5 heteroatoms. The van der Waals surface area contributed by atoms with Crippen molar-refractivity contribution in [3.05, 3.63) is 28.2 Å². The highest BCUT2D eigenvalue weighted by Crippen LogP contribution is 2.26. The molecule has 1 aromatic carbocycles. The number of hydrogen-bond acceptors (Lipinski definition) is 3. The summed E-state index contributed by atoms with van der Waals surface area (Å²) in [5.41, 5.74) is 2.56. The Bertz CT molecular complexity index is 355. The maximum absolute atomic E-state index is 11.2. The fraction of sp³-hybridized carbons (Fsp3) is 0.300. The SMILES string of the molecule is CCCOc1ccc(C(=O)NN)cc1Br. The number of hydrazine groups is 1. The van der Waals surface area contributed by atoms with Crippen LogP contribution in [-0.4, -0.2) is 12.5 Å². The smallest absolute Gasteiger partial charge is 0.265 e. The molecule has 0 aliphatic heterocycles. The second kappa shape index (κ2) is 5.72. The van der Waals surface area contributed by atoms with Crippen LogP contribution in [-0.2, 0) is 0 Å². The van der Waals surface area contributed by atoms with Gasteiger partial charge in [0.25, 0.3) is 5.91 Å². The first kappa shape index (κ1) is 12.0. The molecule has 0 atom stereocenters. The first-order chi connectivity index (χ1) is 7.19. The molecule has 82 valence electrons. The van der Waals surface area contributed by atoms with Crippen molar-refractivity contribution >= 4 is 21.8 Å². The topological polar surface area (TPSA) is 64.3 Å². The fourth-order valence-corrected chi connectivity index (χ4v) is 1.55. The number of nitrogen functional groups attached to an aromatic ring is 1. The summed E-state index contributed by atoms with van der Waals surface area (Å²) in [6.07, 6.45) is 0.942. The Balaban J connectivity index is 2.83. The molecule has 0 unspecified atom stereocenters. The summed E-state index contributed by atoms with van der Waals surface area (Å²) in [6, 6.07) is 5.08. The quantitative estimate of drug-likeness (QED) is 0.500. The molecule has 0 radical (unpaired) electrons. The van der Waals surface area contributed by atoms with Crippen molar-refractivity contribution in [1.82, 2.24) is 5.43 Å². The Kier molecular flexibility index (Phi) is 4.58. The predicted molar refractivity (Wildman–Crippen MR) is 61.6 cm³/mol. The van der Waals surface area contributed by atoms with E-state index in [9.17, 15) is 4.79 Å². The monoisotopic (exact) mass is 272 g/mol. The molecular formula is C10H13BrN2O2. The molecule has 0 aromatic heterocycles. The van der Waals surface area contributed by atoms with Gasteiger partial charge in [0.15, 0.2) is 0 Å². The summed E-state index contributed by atoms with van der Waals surface area (Å²) in [5.74, 6) is 5.43. The average Bonchev–Trinajstić information content (AvgIpc) is 2.26. The highest BCUT2D eigenvalue weighted by atomic mass is 79.9. The molecule has 0 aliphatic carbocycles. The van der Waals surface area contributed by atoms with E-state index >= 15 is 0 Å². The van der Waals surface area contributed by atoms with Gasteiger partial charge in [0.05, 0.1) is 11.1 Å². The van der Waals surface area contributed by atoms with Gasteiger partial charge in [-0.2, -0.15) is 0 Å². The minimum absolute atomic E-state index is 0.322. The molecule has 4 nitrogen and oxygen atoms in total. The molecule has 3 N–H and O–H groups in total. The fourth-order valence-electron chi connectivity index (χ4n) is 1.05. The summed E-state index contributed by atoms with van der Waals surface area (Å²) < 4.78 is 6.19. The summed E-state index contributed by atoms with van der Waals surface area (Å²) in [7, 11) is 0. The standard InChI is InChI=1S/C10H13BrN2O2/c1-2-5-15-9-4-3-7(6-8(9)11)10(14)13-12/h3-4,6H,2,5,12H2,1H3,(H,13,14). The Morgan fingerprint density at radius 1 is 1.60 bits per heavy atom. The van der Waals surface area contributed by atoms with E-state index in [-0.39, 0.29) is 5.91 Å². The van der Waals surface area contributed by atoms with Crippen LogP contribution in [0.5, 0.6) is 5.75 Å². The molecule has 0 fully saturated rings. The number of nitrogens with one attached hydrogen (secondary N) is 1. The van der Waals surface area contributed by atoms with Gasteiger partial charge in [-0.3, -0.25) is 10.2 Å². The van der Waals surface area contributed by atoms with Crippen LogP contribution in [0.4, 0.5) is 0 Å². The van der Waals surface area contributed by atoms with Crippen molar-refractivity contribution in [3.63, 3.8) is 0 Å². The molecule has 0 saturated heterocycles. The highest BCUT2D eigenvalue weighted by molar-refractivity contribution is 9.10. The van der Waals surface area contributed by atoms with Gasteiger partial charge in [0.2, 0.25) is 0 Å². The number of hydrogen-bond donors (Lipinski definition) is 2. The molecule has 0 bridgehead atoms. The lowest BCUT2D eigenvalue weighted by Gasteiger charge is -2.08. The molecule has 1 rings (SSSR count). The van der Waals surface area contributed by atoms with Crippen molar-refractivity contribution in [1.29, 1.82) is 0 Å². The summed E-state index contributed by atoms with van der Waals surface area (Å²) in [4.78, 5) is 11.2. The van der Waals surface area contributed by atoms with Crippen LogP contribution in [0.3, 0.4) is 0 Å². The maximum Gasteiger partial charge on any atom is 0.265 e.